The highest BCUT2D eigenvalue weighted by Crippen LogP contribution is 2.30. The zero-order valence-electron chi connectivity index (χ0n) is 12.5. The Morgan fingerprint density at radius 2 is 2.17 bits per heavy atom. The molecule has 0 fully saturated rings. The Morgan fingerprint density at radius 3 is 2.83 bits per heavy atom. The van der Waals surface area contributed by atoms with Crippen molar-refractivity contribution in [3.8, 4) is 0 Å². The predicted octanol–water partition coefficient (Wildman–Crippen LogP) is 3.69. The molecule has 2 rings (SSSR count). The molecule has 3 N–H and O–H groups in total. The van der Waals surface area contributed by atoms with Gasteiger partial charge in [0.15, 0.2) is 11.7 Å². The lowest BCUT2D eigenvalue weighted by Gasteiger charge is -2.06. The Labute approximate surface area is 136 Å². The van der Waals surface area contributed by atoms with E-state index in [1.54, 1.807) is 0 Å². The minimum atomic E-state index is -4.40. The molecular formula is C15H17F3N4S. The summed E-state index contributed by atoms with van der Waals surface area (Å²) in [6.45, 7) is 2.33. The third-order valence-corrected chi connectivity index (χ3v) is 3.97. The molecule has 2 aromatic rings. The van der Waals surface area contributed by atoms with Gasteiger partial charge in [-0.1, -0.05) is 19.1 Å². The Morgan fingerprint density at radius 1 is 1.39 bits per heavy atom. The number of hydrogen-bond acceptors (Lipinski definition) is 3. The first kappa shape index (κ1) is 17.3. The molecule has 4 nitrogen and oxygen atoms in total. The number of alkyl halides is 3. The zero-order chi connectivity index (χ0) is 16.9. The number of nitrogens with two attached hydrogens (primary N) is 1. The van der Waals surface area contributed by atoms with E-state index >= 15 is 0 Å². The van der Waals surface area contributed by atoms with Crippen LogP contribution in [0.15, 0.2) is 34.6 Å². The van der Waals surface area contributed by atoms with Crippen molar-refractivity contribution in [2.45, 2.75) is 25.9 Å². The number of halogens is 3. The Hall–Kier alpha value is -2.09. The molecule has 0 aliphatic heterocycles. The van der Waals surface area contributed by atoms with Crippen LogP contribution in [0.3, 0.4) is 0 Å². The molecule has 0 unspecified atom stereocenters. The molecule has 0 saturated heterocycles. The molecule has 0 spiro atoms. The quantitative estimate of drug-likeness (QED) is 0.643. The van der Waals surface area contributed by atoms with Crippen LogP contribution in [0, 0.1) is 0 Å². The van der Waals surface area contributed by atoms with E-state index in [-0.39, 0.29) is 12.5 Å². The first-order valence-corrected chi connectivity index (χ1v) is 7.94. The van der Waals surface area contributed by atoms with E-state index in [9.17, 15) is 13.2 Å². The summed E-state index contributed by atoms with van der Waals surface area (Å²) in [5, 5.41) is 4.36. The average Bonchev–Trinajstić information content (AvgIpc) is 2.96. The number of nitrogens with one attached hydrogen (secondary N) is 1. The largest absolute Gasteiger partial charge is 0.434 e. The van der Waals surface area contributed by atoms with Crippen molar-refractivity contribution in [3.05, 3.63) is 45.9 Å². The summed E-state index contributed by atoms with van der Waals surface area (Å²) in [6.07, 6.45) is -3.17. The van der Waals surface area contributed by atoms with Crippen LogP contribution in [-0.4, -0.2) is 17.5 Å². The first-order valence-electron chi connectivity index (χ1n) is 7.06. The first-order chi connectivity index (χ1) is 10.9. The van der Waals surface area contributed by atoms with Crippen LogP contribution in [-0.2, 0) is 19.0 Å². The van der Waals surface area contributed by atoms with Crippen molar-refractivity contribution in [3.63, 3.8) is 0 Å². The number of hydrogen-bond donors (Lipinski definition) is 2. The fourth-order valence-electron chi connectivity index (χ4n) is 1.88. The Bertz CT molecular complexity index is 679. The molecule has 0 aliphatic rings. The van der Waals surface area contributed by atoms with Crippen LogP contribution in [0.25, 0.3) is 0 Å². The molecule has 1 heterocycles. The molecule has 0 radical (unpaired) electrons. The van der Waals surface area contributed by atoms with E-state index in [4.69, 9.17) is 5.73 Å². The maximum Gasteiger partial charge on any atom is 0.434 e. The summed E-state index contributed by atoms with van der Waals surface area (Å²) in [6, 6.07) is 7.78. The summed E-state index contributed by atoms with van der Waals surface area (Å²) in [4.78, 5) is 7.66. The van der Waals surface area contributed by atoms with Crippen LogP contribution in [0.5, 0.6) is 0 Å². The van der Waals surface area contributed by atoms with Gasteiger partial charge in [0, 0.05) is 24.0 Å². The van der Waals surface area contributed by atoms with Gasteiger partial charge in [-0.25, -0.2) is 4.98 Å². The summed E-state index contributed by atoms with van der Waals surface area (Å²) in [7, 11) is 0. The predicted molar refractivity (Wildman–Crippen MR) is 86.8 cm³/mol. The molecule has 0 amide bonds. The van der Waals surface area contributed by atoms with Gasteiger partial charge in [0.2, 0.25) is 0 Å². The van der Waals surface area contributed by atoms with Gasteiger partial charge >= 0.3 is 6.18 Å². The molecule has 1 aromatic heterocycles. The highest BCUT2D eigenvalue weighted by molar-refractivity contribution is 7.09. The third kappa shape index (κ3) is 5.24. The number of anilines is 1. The standard InChI is InChI=1S/C15H17F3N4S/c1-2-10-4-3-5-11(8-10)21-14(19)20-7-6-13-22-12(9-23-13)15(16,17)18/h3-5,8-9H,2,6-7H2,1H3,(H3,19,20,21). The van der Waals surface area contributed by atoms with Gasteiger partial charge in [0.1, 0.15) is 0 Å². The summed E-state index contributed by atoms with van der Waals surface area (Å²) in [5.74, 6) is 0.228. The molecule has 0 atom stereocenters. The number of aryl methyl sites for hydroxylation is 1. The zero-order valence-corrected chi connectivity index (χ0v) is 13.3. The Kier molecular flexibility index (Phi) is 5.59. The van der Waals surface area contributed by atoms with Crippen LogP contribution in [0.1, 0.15) is 23.2 Å². The number of guanidine groups is 1. The van der Waals surface area contributed by atoms with Gasteiger partial charge in [0.25, 0.3) is 0 Å². The lowest BCUT2D eigenvalue weighted by Crippen LogP contribution is -2.23. The van der Waals surface area contributed by atoms with E-state index < -0.39 is 11.9 Å². The lowest BCUT2D eigenvalue weighted by molar-refractivity contribution is -0.140. The van der Waals surface area contributed by atoms with Crippen LogP contribution < -0.4 is 11.1 Å². The van der Waals surface area contributed by atoms with Gasteiger partial charge in [-0.3, -0.25) is 4.99 Å². The van der Waals surface area contributed by atoms with Crippen molar-refractivity contribution >= 4 is 23.0 Å². The summed E-state index contributed by atoms with van der Waals surface area (Å²) >= 11 is 0.975. The molecule has 124 valence electrons. The van der Waals surface area contributed by atoms with E-state index in [1.807, 2.05) is 24.3 Å². The lowest BCUT2D eigenvalue weighted by atomic mass is 10.1. The van der Waals surface area contributed by atoms with Crippen LogP contribution >= 0.6 is 11.3 Å². The molecular weight excluding hydrogens is 325 g/mol. The SMILES string of the molecule is CCc1cccc(NC(N)=NCCc2nc(C(F)(F)F)cs2)c1. The van der Waals surface area contributed by atoms with E-state index in [0.29, 0.717) is 11.4 Å². The van der Waals surface area contributed by atoms with Crippen LogP contribution in [0.2, 0.25) is 0 Å². The van der Waals surface area contributed by atoms with Gasteiger partial charge in [-0.05, 0) is 24.1 Å². The highest BCUT2D eigenvalue weighted by atomic mass is 32.1. The smallest absolute Gasteiger partial charge is 0.370 e. The van der Waals surface area contributed by atoms with Crippen molar-refractivity contribution in [1.29, 1.82) is 0 Å². The molecule has 0 saturated carbocycles. The molecule has 8 heteroatoms. The maximum absolute atomic E-state index is 12.4. The number of aromatic nitrogens is 1. The molecule has 1 aromatic carbocycles. The number of thiazole rings is 1. The monoisotopic (exact) mass is 342 g/mol. The highest BCUT2D eigenvalue weighted by Gasteiger charge is 2.33. The van der Waals surface area contributed by atoms with Crippen molar-refractivity contribution < 1.29 is 13.2 Å². The van der Waals surface area contributed by atoms with Crippen LogP contribution in [0.4, 0.5) is 18.9 Å². The van der Waals surface area contributed by atoms with E-state index in [2.05, 4.69) is 22.2 Å². The summed E-state index contributed by atoms with van der Waals surface area (Å²) < 4.78 is 37.3. The number of benzene rings is 1. The second-order valence-electron chi connectivity index (χ2n) is 4.82. The van der Waals surface area contributed by atoms with Gasteiger partial charge in [-0.2, -0.15) is 13.2 Å². The number of nitrogens with zero attached hydrogens (tertiary/aromatic N) is 2. The van der Waals surface area contributed by atoms with Crippen molar-refractivity contribution in [2.24, 2.45) is 10.7 Å². The maximum atomic E-state index is 12.4. The molecule has 0 bridgehead atoms. The summed E-state index contributed by atoms with van der Waals surface area (Å²) in [5.41, 5.74) is 6.92. The van der Waals surface area contributed by atoms with Gasteiger partial charge in [0.05, 0.1) is 5.01 Å². The minimum Gasteiger partial charge on any atom is -0.370 e. The Balaban J connectivity index is 1.88. The van der Waals surface area contributed by atoms with E-state index in [0.717, 1.165) is 28.8 Å². The molecule has 23 heavy (non-hydrogen) atoms. The normalized spacial score (nSPS) is 12.4. The minimum absolute atomic E-state index is 0.228. The number of rotatable bonds is 5. The fraction of sp³-hybridized carbons (Fsp3) is 0.333. The average molecular weight is 342 g/mol. The number of aliphatic imine (C=N–C) groups is 1. The van der Waals surface area contributed by atoms with Gasteiger partial charge < -0.3 is 11.1 Å². The van der Waals surface area contributed by atoms with Gasteiger partial charge in [-0.15, -0.1) is 11.3 Å². The topological polar surface area (TPSA) is 63.3 Å². The second-order valence-corrected chi connectivity index (χ2v) is 5.76. The third-order valence-electron chi connectivity index (χ3n) is 3.06. The second kappa shape index (κ2) is 7.45. The van der Waals surface area contributed by atoms with Crippen molar-refractivity contribution in [1.82, 2.24) is 4.98 Å². The van der Waals surface area contributed by atoms with Crippen molar-refractivity contribution in [2.75, 3.05) is 11.9 Å². The van der Waals surface area contributed by atoms with E-state index in [1.165, 1.54) is 5.56 Å². The fourth-order valence-corrected chi connectivity index (χ4v) is 2.68. The molecule has 0 aliphatic carbocycles.